The molecule has 2 fully saturated rings. The van der Waals surface area contributed by atoms with E-state index in [2.05, 4.69) is 0 Å². The highest BCUT2D eigenvalue weighted by molar-refractivity contribution is 5.89. The zero-order valence-electron chi connectivity index (χ0n) is 14.9. The summed E-state index contributed by atoms with van der Waals surface area (Å²) >= 11 is 0. The number of hydrogen-bond donors (Lipinski definition) is 1. The molecule has 1 saturated carbocycles. The van der Waals surface area contributed by atoms with Gasteiger partial charge in [0.25, 0.3) is 0 Å². The number of benzene rings is 1. The molecule has 0 amide bonds. The number of aldehydes is 1. The second-order valence-corrected chi connectivity index (χ2v) is 6.82. The van der Waals surface area contributed by atoms with Gasteiger partial charge in [-0.05, 0) is 32.3 Å². The smallest absolute Gasteiger partial charge is 0.184 e. The fourth-order valence-electron chi connectivity index (χ4n) is 3.50. The van der Waals surface area contributed by atoms with Crippen molar-refractivity contribution in [1.82, 2.24) is 4.90 Å². The van der Waals surface area contributed by atoms with Crippen LogP contribution in [0.5, 0.6) is 0 Å². The molecule has 2 atom stereocenters. The molecule has 2 aliphatic rings. The van der Waals surface area contributed by atoms with Crippen LogP contribution in [0.15, 0.2) is 35.6 Å². The van der Waals surface area contributed by atoms with Crippen molar-refractivity contribution in [3.8, 4) is 0 Å². The molecule has 1 aromatic rings. The molecule has 2 unspecified atom stereocenters. The number of halogens is 1. The highest BCUT2D eigenvalue weighted by Gasteiger charge is 2.41. The number of carbonyl (C=O) groups is 2. The van der Waals surface area contributed by atoms with Crippen molar-refractivity contribution in [2.75, 3.05) is 19.7 Å². The molecule has 1 aromatic carbocycles. The number of carbonyl (C=O) groups excluding carboxylic acids is 2. The number of rotatable bonds is 7. The van der Waals surface area contributed by atoms with E-state index in [0.717, 1.165) is 12.8 Å². The van der Waals surface area contributed by atoms with E-state index < -0.39 is 18.0 Å². The quantitative estimate of drug-likeness (QED) is 0.459. The fraction of sp³-hybridized carbons (Fsp3) is 0.500. The van der Waals surface area contributed by atoms with Crippen LogP contribution in [0.4, 0.5) is 4.39 Å². The molecule has 0 radical (unpaired) electrons. The number of nitrogens with zero attached hydrogens (tertiary/aromatic N) is 1. The first-order valence-electron chi connectivity index (χ1n) is 9.08. The minimum absolute atomic E-state index is 0.00917. The van der Waals surface area contributed by atoms with Gasteiger partial charge in [0.15, 0.2) is 17.8 Å². The Kier molecular flexibility index (Phi) is 5.84. The van der Waals surface area contributed by atoms with Crippen molar-refractivity contribution in [3.05, 3.63) is 47.0 Å². The second kappa shape index (κ2) is 8.10. The number of piperidine rings is 1. The lowest BCUT2D eigenvalue weighted by molar-refractivity contribution is -0.126. The van der Waals surface area contributed by atoms with Crippen LogP contribution in [0.3, 0.4) is 0 Å². The van der Waals surface area contributed by atoms with Crippen LogP contribution in [0.2, 0.25) is 0 Å². The van der Waals surface area contributed by atoms with E-state index in [-0.39, 0.29) is 24.0 Å². The van der Waals surface area contributed by atoms with Gasteiger partial charge in [-0.3, -0.25) is 14.5 Å². The van der Waals surface area contributed by atoms with Crippen LogP contribution >= 0.6 is 0 Å². The van der Waals surface area contributed by atoms with E-state index in [1.165, 1.54) is 6.07 Å². The van der Waals surface area contributed by atoms with Crippen LogP contribution in [-0.2, 0) is 14.3 Å². The van der Waals surface area contributed by atoms with Crippen molar-refractivity contribution < 1.29 is 23.8 Å². The number of hydrogen-bond acceptors (Lipinski definition) is 5. The van der Waals surface area contributed by atoms with Crippen LogP contribution in [0.25, 0.3) is 0 Å². The number of Topliss-reactive ketones (excluding diaryl/α,β-unsaturated/α-hetero) is 1. The Morgan fingerprint density at radius 1 is 1.38 bits per heavy atom. The van der Waals surface area contributed by atoms with E-state index in [9.17, 15) is 19.1 Å². The van der Waals surface area contributed by atoms with Crippen molar-refractivity contribution >= 4 is 12.1 Å². The average Bonchev–Trinajstić information content (AvgIpc) is 3.48. The lowest BCUT2D eigenvalue weighted by atomic mass is 9.92. The third kappa shape index (κ3) is 3.86. The molecular weight excluding hydrogens is 337 g/mol. The minimum Gasteiger partial charge on any atom is -0.490 e. The number of aliphatic hydroxyl groups excluding tert-OH is 1. The Hall–Kier alpha value is -2.05. The lowest BCUT2D eigenvalue weighted by Crippen LogP contribution is -2.44. The predicted octanol–water partition coefficient (Wildman–Crippen LogP) is 2.40. The van der Waals surface area contributed by atoms with Crippen molar-refractivity contribution in [2.24, 2.45) is 5.92 Å². The van der Waals surface area contributed by atoms with Crippen molar-refractivity contribution in [1.29, 1.82) is 0 Å². The number of ketones is 1. The summed E-state index contributed by atoms with van der Waals surface area (Å²) in [6, 6.07) is 5.61. The number of allylic oxidation sites excluding steroid dienone is 1. The minimum atomic E-state index is -0.796. The summed E-state index contributed by atoms with van der Waals surface area (Å²) < 4.78 is 19.8. The zero-order chi connectivity index (χ0) is 18.7. The molecule has 140 valence electrons. The Labute approximate surface area is 152 Å². The Balaban J connectivity index is 1.95. The van der Waals surface area contributed by atoms with Crippen molar-refractivity contribution in [2.45, 2.75) is 38.3 Å². The first kappa shape index (κ1) is 18.7. The highest BCUT2D eigenvalue weighted by atomic mass is 19.1. The first-order chi connectivity index (χ1) is 12.6. The van der Waals surface area contributed by atoms with E-state index in [1.54, 1.807) is 25.1 Å². The van der Waals surface area contributed by atoms with Crippen LogP contribution < -0.4 is 0 Å². The van der Waals surface area contributed by atoms with Gasteiger partial charge in [0.05, 0.1) is 18.8 Å². The van der Waals surface area contributed by atoms with Gasteiger partial charge in [0, 0.05) is 30.1 Å². The third-order valence-corrected chi connectivity index (χ3v) is 5.00. The van der Waals surface area contributed by atoms with Gasteiger partial charge < -0.3 is 9.84 Å². The normalized spacial score (nSPS) is 24.0. The van der Waals surface area contributed by atoms with E-state index in [1.807, 2.05) is 4.90 Å². The van der Waals surface area contributed by atoms with Gasteiger partial charge in [-0.15, -0.1) is 0 Å². The number of likely N-dealkylation sites (tertiary alicyclic amines) is 1. The molecule has 3 rings (SSSR count). The Morgan fingerprint density at radius 2 is 2.12 bits per heavy atom. The summed E-state index contributed by atoms with van der Waals surface area (Å²) in [5, 5.41) is 10.3. The largest absolute Gasteiger partial charge is 0.490 e. The molecule has 1 N–H and O–H groups in total. The molecule has 0 spiro atoms. The van der Waals surface area contributed by atoms with Gasteiger partial charge in [-0.25, -0.2) is 4.39 Å². The van der Waals surface area contributed by atoms with Gasteiger partial charge in [0.2, 0.25) is 0 Å². The standard InChI is InChI=1S/C20H24FNO4/c1-2-26-18(12-23)15-11-22(10-9-17(15)24)19(20(25)13-7-8-13)14-5-3-4-6-16(14)21/h3-6,12-13,17,19,24H,2,7-11H2,1H3. The van der Waals surface area contributed by atoms with Crippen LogP contribution in [-0.4, -0.2) is 47.9 Å². The van der Waals surface area contributed by atoms with Gasteiger partial charge in [0.1, 0.15) is 5.82 Å². The molecule has 1 aliphatic heterocycles. The zero-order valence-corrected chi connectivity index (χ0v) is 14.9. The molecule has 1 aliphatic carbocycles. The fourth-order valence-corrected chi connectivity index (χ4v) is 3.50. The van der Waals surface area contributed by atoms with Gasteiger partial charge in [-0.1, -0.05) is 18.2 Å². The average molecular weight is 361 g/mol. The summed E-state index contributed by atoms with van der Waals surface area (Å²) in [5.41, 5.74) is 0.808. The van der Waals surface area contributed by atoms with E-state index in [4.69, 9.17) is 4.74 Å². The SMILES string of the molecule is CCOC(C=O)=C1CN(C(C(=O)C2CC2)c2ccccc2F)CCC1O. The maximum absolute atomic E-state index is 14.4. The molecule has 1 saturated heterocycles. The monoisotopic (exact) mass is 361 g/mol. The number of ether oxygens (including phenoxy) is 1. The maximum Gasteiger partial charge on any atom is 0.184 e. The first-order valence-corrected chi connectivity index (χ1v) is 9.08. The molecule has 1 heterocycles. The maximum atomic E-state index is 14.4. The Morgan fingerprint density at radius 3 is 2.73 bits per heavy atom. The summed E-state index contributed by atoms with van der Waals surface area (Å²) in [6.45, 7) is 2.71. The molecule has 0 aromatic heterocycles. The molecule has 0 bridgehead atoms. The van der Waals surface area contributed by atoms with E-state index >= 15 is 0 Å². The lowest BCUT2D eigenvalue weighted by Gasteiger charge is -2.37. The number of aliphatic hydroxyl groups is 1. The van der Waals surface area contributed by atoms with Crippen LogP contribution in [0.1, 0.15) is 37.8 Å². The third-order valence-electron chi connectivity index (χ3n) is 5.00. The second-order valence-electron chi connectivity index (χ2n) is 6.82. The van der Waals surface area contributed by atoms with Crippen molar-refractivity contribution in [3.63, 3.8) is 0 Å². The van der Waals surface area contributed by atoms with Gasteiger partial charge in [-0.2, -0.15) is 0 Å². The molecule has 6 heteroatoms. The molecule has 26 heavy (non-hydrogen) atoms. The summed E-state index contributed by atoms with van der Waals surface area (Å²) in [4.78, 5) is 26.1. The predicted molar refractivity (Wildman–Crippen MR) is 93.8 cm³/mol. The topological polar surface area (TPSA) is 66.8 Å². The summed E-state index contributed by atoms with van der Waals surface area (Å²) in [7, 11) is 0. The Bertz CT molecular complexity index is 714. The van der Waals surface area contributed by atoms with Crippen LogP contribution in [0, 0.1) is 11.7 Å². The van der Waals surface area contributed by atoms with E-state index in [0.29, 0.717) is 37.0 Å². The highest BCUT2D eigenvalue weighted by Crippen LogP contribution is 2.39. The molecule has 5 nitrogen and oxygen atoms in total. The molecular formula is C20H24FNO4. The summed E-state index contributed by atoms with van der Waals surface area (Å²) in [5.74, 6) is -0.328. The van der Waals surface area contributed by atoms with Gasteiger partial charge >= 0.3 is 0 Å². The summed E-state index contributed by atoms with van der Waals surface area (Å²) in [6.07, 6.45) is 1.83.